The monoisotopic (exact) mass is 600 g/mol. The van der Waals surface area contributed by atoms with Crippen molar-refractivity contribution in [1.29, 1.82) is 0 Å². The van der Waals surface area contributed by atoms with Crippen LogP contribution >= 0.6 is 0 Å². The van der Waals surface area contributed by atoms with E-state index in [1.807, 2.05) is 18.2 Å². The van der Waals surface area contributed by atoms with E-state index >= 15 is 0 Å². The minimum atomic E-state index is -0.438. The predicted octanol–water partition coefficient (Wildman–Crippen LogP) is 8.82. The Morgan fingerprint density at radius 1 is 0.955 bits per heavy atom. The van der Waals surface area contributed by atoms with Gasteiger partial charge in [-0.3, -0.25) is 4.79 Å². The third-order valence-electron chi connectivity index (χ3n) is 9.10. The lowest BCUT2D eigenvalue weighted by Crippen LogP contribution is -2.43. The van der Waals surface area contributed by atoms with Crippen LogP contribution in [0.1, 0.15) is 94.6 Å². The first-order chi connectivity index (χ1) is 21.0. The Labute approximate surface area is 263 Å². The molecule has 3 atom stereocenters. The largest absolute Gasteiger partial charge is 0.493 e. The summed E-state index contributed by atoms with van der Waals surface area (Å²) in [7, 11) is 3.16. The average Bonchev–Trinajstić information content (AvgIpc) is 3.44. The highest BCUT2D eigenvalue weighted by Crippen LogP contribution is 2.50. The quantitative estimate of drug-likeness (QED) is 0.328. The topological polar surface area (TPSA) is 63.2 Å². The maximum absolute atomic E-state index is 13.5. The van der Waals surface area contributed by atoms with Gasteiger partial charge in [0.05, 0.1) is 25.7 Å². The van der Waals surface area contributed by atoms with Gasteiger partial charge in [-0.1, -0.05) is 63.1 Å². The van der Waals surface area contributed by atoms with Crippen LogP contribution < -0.4 is 23.7 Å². The molecular weight excluding hydrogens is 552 g/mol. The van der Waals surface area contributed by atoms with E-state index in [0.717, 1.165) is 36.1 Å². The molecule has 0 radical (unpaired) electrons. The van der Waals surface area contributed by atoms with Gasteiger partial charge >= 0.3 is 0 Å². The van der Waals surface area contributed by atoms with Crippen molar-refractivity contribution in [2.75, 3.05) is 20.8 Å². The summed E-state index contributed by atoms with van der Waals surface area (Å²) in [6.07, 6.45) is 14.6. The first-order valence-corrected chi connectivity index (χ1v) is 15.9. The van der Waals surface area contributed by atoms with Crippen LogP contribution in [0.2, 0.25) is 0 Å². The van der Waals surface area contributed by atoms with Crippen LogP contribution in [0.4, 0.5) is 0 Å². The van der Waals surface area contributed by atoms with E-state index in [-0.39, 0.29) is 18.0 Å². The van der Waals surface area contributed by atoms with E-state index in [4.69, 9.17) is 23.7 Å². The van der Waals surface area contributed by atoms with Gasteiger partial charge in [0, 0.05) is 23.6 Å². The molecule has 0 N–H and O–H groups in total. The van der Waals surface area contributed by atoms with E-state index in [0.29, 0.717) is 46.5 Å². The lowest BCUT2D eigenvalue weighted by molar-refractivity contribution is 0.0554. The summed E-state index contributed by atoms with van der Waals surface area (Å²) in [5.74, 6) is 3.24. The first kappa shape index (κ1) is 31.7. The van der Waals surface area contributed by atoms with Crippen molar-refractivity contribution < 1.29 is 28.5 Å². The molecule has 3 heterocycles. The van der Waals surface area contributed by atoms with E-state index in [1.54, 1.807) is 20.3 Å². The van der Waals surface area contributed by atoms with Crippen molar-refractivity contribution in [3.05, 3.63) is 76.4 Å². The van der Waals surface area contributed by atoms with Gasteiger partial charge in [0.1, 0.15) is 36.1 Å². The molecule has 0 saturated carbocycles. The second-order valence-corrected chi connectivity index (χ2v) is 13.5. The molecule has 4 aliphatic rings. The summed E-state index contributed by atoms with van der Waals surface area (Å²) in [4.78, 5) is 13.5. The Morgan fingerprint density at radius 3 is 2.43 bits per heavy atom. The summed E-state index contributed by atoms with van der Waals surface area (Å²) in [6, 6.07) is 7.32. The van der Waals surface area contributed by atoms with Gasteiger partial charge in [-0.15, -0.1) is 0 Å². The number of hydrogen-bond donors (Lipinski definition) is 0. The van der Waals surface area contributed by atoms with Crippen LogP contribution in [0, 0.1) is 11.3 Å². The summed E-state index contributed by atoms with van der Waals surface area (Å²) < 4.78 is 29.2. The smallest absolute Gasteiger partial charge is 0.178 e. The number of hydrogen-bond acceptors (Lipinski definition) is 6. The number of methoxy groups -OCH3 is 2. The molecule has 2 aromatic carbocycles. The van der Waals surface area contributed by atoms with Crippen LogP contribution in [0.5, 0.6) is 28.7 Å². The number of carbonyl (C=O) groups excluding carboxylic acids is 1. The fourth-order valence-corrected chi connectivity index (χ4v) is 6.26. The molecule has 3 aliphatic heterocycles. The normalized spacial score (nSPS) is 23.4. The summed E-state index contributed by atoms with van der Waals surface area (Å²) >= 11 is 0. The second kappa shape index (κ2) is 13.1. The molecule has 44 heavy (non-hydrogen) atoms. The van der Waals surface area contributed by atoms with Crippen molar-refractivity contribution in [3.63, 3.8) is 0 Å². The molecule has 0 bridgehead atoms. The first-order valence-electron chi connectivity index (χ1n) is 15.9. The zero-order chi connectivity index (χ0) is 31.6. The maximum Gasteiger partial charge on any atom is 0.178 e. The average molecular weight is 601 g/mol. The Hall–Kier alpha value is -3.67. The highest BCUT2D eigenvalue weighted by Gasteiger charge is 2.45. The fourth-order valence-electron chi connectivity index (χ4n) is 6.26. The Morgan fingerprint density at radius 2 is 1.70 bits per heavy atom. The van der Waals surface area contributed by atoms with Crippen LogP contribution in [-0.4, -0.2) is 38.8 Å². The SMILES string of the molecule is CC1=CCCC(C)=CCC(C)(C)C=CC1.COc1cc2c(cc1OC)C1C(=O)c3ccc4c(c3OC1CO2)CC(C(C)C)O4. The van der Waals surface area contributed by atoms with Crippen LogP contribution in [-0.2, 0) is 6.42 Å². The molecule has 1 aliphatic carbocycles. The van der Waals surface area contributed by atoms with Crippen molar-refractivity contribution in [3.8, 4) is 28.7 Å². The van der Waals surface area contributed by atoms with E-state index in [9.17, 15) is 4.79 Å². The zero-order valence-corrected chi connectivity index (χ0v) is 27.6. The van der Waals surface area contributed by atoms with Crippen LogP contribution in [0.3, 0.4) is 0 Å². The van der Waals surface area contributed by atoms with Gasteiger partial charge in [-0.05, 0) is 69.1 Å². The van der Waals surface area contributed by atoms with Gasteiger partial charge in [0.25, 0.3) is 0 Å². The van der Waals surface area contributed by atoms with Crippen molar-refractivity contribution in [1.82, 2.24) is 0 Å². The van der Waals surface area contributed by atoms with Crippen LogP contribution in [0.15, 0.2) is 59.7 Å². The number of fused-ring (bicyclic) bond motifs is 6. The molecule has 6 nitrogen and oxygen atoms in total. The van der Waals surface area contributed by atoms with Gasteiger partial charge in [0.15, 0.2) is 17.3 Å². The number of carbonyl (C=O) groups is 1. The molecule has 2 aromatic rings. The number of rotatable bonds is 3. The van der Waals surface area contributed by atoms with E-state index in [2.05, 4.69) is 65.8 Å². The van der Waals surface area contributed by atoms with Crippen LogP contribution in [0.25, 0.3) is 0 Å². The Bertz CT molecular complexity index is 1480. The number of ether oxygens (including phenoxy) is 5. The number of Topliss-reactive ketones (excluding diaryl/α,β-unsaturated/α-hetero) is 1. The Kier molecular flexibility index (Phi) is 9.48. The second-order valence-electron chi connectivity index (χ2n) is 13.5. The molecule has 6 rings (SSSR count). The molecular formula is C38H48O6. The van der Waals surface area contributed by atoms with E-state index < -0.39 is 5.92 Å². The van der Waals surface area contributed by atoms with Gasteiger partial charge < -0.3 is 23.7 Å². The molecule has 0 saturated heterocycles. The summed E-state index contributed by atoms with van der Waals surface area (Å²) in [5, 5.41) is 0. The van der Waals surface area contributed by atoms with E-state index in [1.165, 1.54) is 24.0 Å². The molecule has 0 amide bonds. The fraction of sp³-hybridized carbons (Fsp3) is 0.500. The zero-order valence-electron chi connectivity index (χ0n) is 27.6. The number of ketones is 1. The third kappa shape index (κ3) is 6.69. The van der Waals surface area contributed by atoms with Crippen molar-refractivity contribution >= 4 is 5.78 Å². The van der Waals surface area contributed by atoms with Crippen molar-refractivity contribution in [2.45, 2.75) is 91.8 Å². The minimum Gasteiger partial charge on any atom is -0.493 e. The lowest BCUT2D eigenvalue weighted by Gasteiger charge is -2.37. The van der Waals surface area contributed by atoms with Gasteiger partial charge in [0.2, 0.25) is 0 Å². The highest BCUT2D eigenvalue weighted by atomic mass is 16.5. The molecule has 0 fully saturated rings. The molecule has 236 valence electrons. The summed E-state index contributed by atoms with van der Waals surface area (Å²) in [5.41, 5.74) is 5.71. The standard InChI is InChI=1S/C23H24O6.C15H24/c1-11(2)16-8-14-15(28-16)6-5-12-22(24)21-13-7-18(25-3)19(26-4)9-17(13)27-10-20(21)29-23(12)14;1-13-7-5-8-14(2)10-12-15(3,4)11-6-9-13/h5-7,9,11,16,20-21H,8,10H2,1-4H3;6-7,10-11H,5,8-9,12H2,1-4H3. The highest BCUT2D eigenvalue weighted by molar-refractivity contribution is 6.06. The minimum absolute atomic E-state index is 0.0452. The number of allylic oxidation sites excluding steroid dienone is 6. The van der Waals surface area contributed by atoms with Gasteiger partial charge in [-0.2, -0.15) is 0 Å². The third-order valence-corrected chi connectivity index (χ3v) is 9.10. The Balaban J connectivity index is 0.000000217. The molecule has 0 spiro atoms. The number of benzene rings is 2. The summed E-state index contributed by atoms with van der Waals surface area (Å²) in [6.45, 7) is 13.7. The van der Waals surface area contributed by atoms with Gasteiger partial charge in [-0.25, -0.2) is 0 Å². The molecule has 3 unspecified atom stereocenters. The van der Waals surface area contributed by atoms with Crippen molar-refractivity contribution in [2.24, 2.45) is 11.3 Å². The predicted molar refractivity (Wildman–Crippen MR) is 175 cm³/mol. The lowest BCUT2D eigenvalue weighted by atomic mass is 9.81. The molecule has 6 heteroatoms. The maximum atomic E-state index is 13.5. The molecule has 0 aromatic heterocycles.